The normalized spacial score (nSPS) is 25.7. The van der Waals surface area contributed by atoms with Crippen LogP contribution in [0.25, 0.3) is 0 Å². The maximum absolute atomic E-state index is 12.9. The standard InChI is InChI=1S/C13H11F6N/c14-12(15,16)10-2-8-6-1-7(5-20-4-6)9(8)3-11(10)13(17,18)19/h2-3,6-7,20H,1,4-5H2. The van der Waals surface area contributed by atoms with Crippen molar-refractivity contribution in [3.63, 3.8) is 0 Å². The molecule has 2 aliphatic rings. The van der Waals surface area contributed by atoms with Gasteiger partial charge in [-0.05, 0) is 41.5 Å². The summed E-state index contributed by atoms with van der Waals surface area (Å²) < 4.78 is 77.3. The Hall–Kier alpha value is -1.24. The molecule has 2 unspecified atom stereocenters. The van der Waals surface area contributed by atoms with Crippen LogP contribution in [-0.2, 0) is 12.4 Å². The molecule has 0 saturated carbocycles. The van der Waals surface area contributed by atoms with E-state index in [-0.39, 0.29) is 11.8 Å². The lowest BCUT2D eigenvalue weighted by molar-refractivity contribution is -0.162. The summed E-state index contributed by atoms with van der Waals surface area (Å²) >= 11 is 0. The van der Waals surface area contributed by atoms with Crippen molar-refractivity contribution >= 4 is 0 Å². The average molecular weight is 295 g/mol. The van der Waals surface area contributed by atoms with Crippen LogP contribution in [0.5, 0.6) is 0 Å². The van der Waals surface area contributed by atoms with Gasteiger partial charge in [-0.15, -0.1) is 0 Å². The van der Waals surface area contributed by atoms with Gasteiger partial charge < -0.3 is 5.32 Å². The summed E-state index contributed by atoms with van der Waals surface area (Å²) in [6.45, 7) is 1.04. The fourth-order valence-corrected chi connectivity index (χ4v) is 3.23. The van der Waals surface area contributed by atoms with Gasteiger partial charge in [-0.2, -0.15) is 26.3 Å². The van der Waals surface area contributed by atoms with Crippen molar-refractivity contribution in [3.05, 3.63) is 34.4 Å². The minimum absolute atomic E-state index is 0.118. The topological polar surface area (TPSA) is 12.0 Å². The lowest BCUT2D eigenvalue weighted by Gasteiger charge is -2.19. The molecule has 1 aliphatic carbocycles. The molecule has 1 heterocycles. The minimum Gasteiger partial charge on any atom is -0.316 e. The Morgan fingerprint density at radius 3 is 1.55 bits per heavy atom. The van der Waals surface area contributed by atoms with Gasteiger partial charge in [0, 0.05) is 13.1 Å². The fourth-order valence-electron chi connectivity index (χ4n) is 3.23. The second-order valence-corrected chi connectivity index (χ2v) is 5.31. The molecule has 1 saturated heterocycles. The highest BCUT2D eigenvalue weighted by molar-refractivity contribution is 5.48. The number of hydrogen-bond acceptors (Lipinski definition) is 1. The molecule has 2 bridgehead atoms. The number of benzene rings is 1. The Labute approximate surface area is 111 Å². The summed E-state index contributed by atoms with van der Waals surface area (Å²) in [5.41, 5.74) is -2.31. The second-order valence-electron chi connectivity index (χ2n) is 5.31. The van der Waals surface area contributed by atoms with Gasteiger partial charge in [0.2, 0.25) is 0 Å². The predicted molar refractivity (Wildman–Crippen MR) is 59.4 cm³/mol. The van der Waals surface area contributed by atoms with Gasteiger partial charge in [0.05, 0.1) is 11.1 Å². The third-order valence-corrected chi connectivity index (χ3v) is 4.06. The van der Waals surface area contributed by atoms with Gasteiger partial charge in [-0.1, -0.05) is 0 Å². The van der Waals surface area contributed by atoms with Gasteiger partial charge in [-0.25, -0.2) is 0 Å². The summed E-state index contributed by atoms with van der Waals surface area (Å²) in [7, 11) is 0. The first-order valence-electron chi connectivity index (χ1n) is 6.21. The number of halogens is 6. The molecule has 1 nitrogen and oxygen atoms in total. The van der Waals surface area contributed by atoms with Crippen molar-refractivity contribution in [1.82, 2.24) is 5.32 Å². The van der Waals surface area contributed by atoms with E-state index in [1.807, 2.05) is 0 Å². The number of fused-ring (bicyclic) bond motifs is 5. The zero-order valence-electron chi connectivity index (χ0n) is 10.2. The van der Waals surface area contributed by atoms with E-state index in [0.717, 1.165) is 0 Å². The van der Waals surface area contributed by atoms with Gasteiger partial charge in [0.15, 0.2) is 0 Å². The van der Waals surface area contributed by atoms with Crippen molar-refractivity contribution in [2.75, 3.05) is 13.1 Å². The molecular formula is C13H11F6N. The number of alkyl halides is 6. The smallest absolute Gasteiger partial charge is 0.316 e. The highest BCUT2D eigenvalue weighted by Crippen LogP contribution is 2.49. The molecule has 1 N–H and O–H groups in total. The zero-order chi connectivity index (χ0) is 14.7. The van der Waals surface area contributed by atoms with E-state index in [2.05, 4.69) is 5.32 Å². The number of rotatable bonds is 0. The molecular weight excluding hydrogens is 284 g/mol. The molecule has 0 spiro atoms. The van der Waals surface area contributed by atoms with Gasteiger partial charge in [0.1, 0.15) is 0 Å². The average Bonchev–Trinajstić information content (AvgIpc) is 2.58. The van der Waals surface area contributed by atoms with Crippen LogP contribution in [-0.4, -0.2) is 13.1 Å². The number of piperidine rings is 1. The number of hydrogen-bond donors (Lipinski definition) is 1. The predicted octanol–water partition coefficient (Wildman–Crippen LogP) is 3.90. The maximum atomic E-state index is 12.9. The highest BCUT2D eigenvalue weighted by atomic mass is 19.4. The third-order valence-electron chi connectivity index (χ3n) is 4.06. The lowest BCUT2D eigenvalue weighted by atomic mass is 9.95. The molecule has 0 radical (unpaired) electrons. The van der Waals surface area contributed by atoms with E-state index >= 15 is 0 Å². The van der Waals surface area contributed by atoms with Crippen LogP contribution in [0, 0.1) is 0 Å². The molecule has 3 rings (SSSR count). The first kappa shape index (κ1) is 13.7. The fraction of sp³-hybridized carbons (Fsp3) is 0.538. The van der Waals surface area contributed by atoms with Gasteiger partial charge in [0.25, 0.3) is 0 Å². The number of nitrogens with one attached hydrogen (secondary N) is 1. The molecule has 1 aliphatic heterocycles. The van der Waals surface area contributed by atoms with E-state index in [0.29, 0.717) is 42.8 Å². The summed E-state index contributed by atoms with van der Waals surface area (Å²) in [4.78, 5) is 0. The molecule has 110 valence electrons. The molecule has 1 aromatic carbocycles. The van der Waals surface area contributed by atoms with Crippen molar-refractivity contribution in [3.8, 4) is 0 Å². The summed E-state index contributed by atoms with van der Waals surface area (Å²) in [6.07, 6.45) is -9.37. The second kappa shape index (κ2) is 4.13. The van der Waals surface area contributed by atoms with E-state index < -0.39 is 23.5 Å². The van der Waals surface area contributed by atoms with Gasteiger partial charge in [-0.3, -0.25) is 0 Å². The third kappa shape index (κ3) is 2.08. The Morgan fingerprint density at radius 1 is 0.800 bits per heavy atom. The van der Waals surface area contributed by atoms with Crippen molar-refractivity contribution in [1.29, 1.82) is 0 Å². The van der Waals surface area contributed by atoms with Crippen LogP contribution in [0.4, 0.5) is 26.3 Å². The highest BCUT2D eigenvalue weighted by Gasteiger charge is 2.46. The van der Waals surface area contributed by atoms with E-state index in [9.17, 15) is 26.3 Å². The summed E-state index contributed by atoms with van der Waals surface area (Å²) in [5, 5.41) is 3.05. The van der Waals surface area contributed by atoms with Crippen LogP contribution in [0.1, 0.15) is 40.5 Å². The Balaban J connectivity index is 2.21. The largest absolute Gasteiger partial charge is 0.417 e. The van der Waals surface area contributed by atoms with E-state index in [1.165, 1.54) is 0 Å². The van der Waals surface area contributed by atoms with Gasteiger partial charge >= 0.3 is 12.4 Å². The summed E-state index contributed by atoms with van der Waals surface area (Å²) in [5.74, 6) is -0.237. The van der Waals surface area contributed by atoms with E-state index in [1.54, 1.807) is 0 Å². The van der Waals surface area contributed by atoms with Crippen molar-refractivity contribution in [2.24, 2.45) is 0 Å². The van der Waals surface area contributed by atoms with Crippen molar-refractivity contribution in [2.45, 2.75) is 30.6 Å². The van der Waals surface area contributed by atoms with Crippen LogP contribution >= 0.6 is 0 Å². The Bertz CT molecular complexity index is 498. The SMILES string of the molecule is FC(F)(F)c1cc2c(cc1C(F)(F)F)C1CNCC2C1. The quantitative estimate of drug-likeness (QED) is 0.716. The van der Waals surface area contributed by atoms with Crippen molar-refractivity contribution < 1.29 is 26.3 Å². The first-order chi connectivity index (χ1) is 9.18. The molecule has 2 atom stereocenters. The lowest BCUT2D eigenvalue weighted by Crippen LogP contribution is -2.28. The molecule has 7 heteroatoms. The van der Waals surface area contributed by atoms with Crippen LogP contribution in [0.3, 0.4) is 0 Å². The van der Waals surface area contributed by atoms with Crippen LogP contribution in [0.2, 0.25) is 0 Å². The Morgan fingerprint density at radius 2 is 1.20 bits per heavy atom. The molecule has 1 fully saturated rings. The molecule has 0 aromatic heterocycles. The first-order valence-corrected chi connectivity index (χ1v) is 6.21. The van der Waals surface area contributed by atoms with Crippen LogP contribution in [0.15, 0.2) is 12.1 Å². The monoisotopic (exact) mass is 295 g/mol. The Kier molecular flexibility index (Phi) is 2.83. The zero-order valence-corrected chi connectivity index (χ0v) is 10.2. The molecule has 1 aromatic rings. The van der Waals surface area contributed by atoms with E-state index in [4.69, 9.17) is 0 Å². The van der Waals surface area contributed by atoms with Crippen LogP contribution < -0.4 is 5.32 Å². The molecule has 0 amide bonds. The summed E-state index contributed by atoms with van der Waals surface area (Å²) in [6, 6.07) is 1.41. The minimum atomic E-state index is -5.00. The maximum Gasteiger partial charge on any atom is 0.417 e. The molecule has 20 heavy (non-hydrogen) atoms.